The fourth-order valence-corrected chi connectivity index (χ4v) is 4.58. The number of nitrogens with zero attached hydrogens (tertiary/aromatic N) is 2. The molecule has 0 bridgehead atoms. The Hall–Kier alpha value is -2.47. The van der Waals surface area contributed by atoms with Crippen LogP contribution in [0.2, 0.25) is 0 Å². The molecule has 0 spiro atoms. The van der Waals surface area contributed by atoms with Crippen molar-refractivity contribution in [3.8, 4) is 0 Å². The molecule has 2 aliphatic heterocycles. The summed E-state index contributed by atoms with van der Waals surface area (Å²) in [6.07, 6.45) is 2.91. The number of pyridine rings is 1. The monoisotopic (exact) mass is 366 g/mol. The summed E-state index contributed by atoms with van der Waals surface area (Å²) in [6.45, 7) is 1.43. The molecule has 5 rings (SSSR count). The number of amides is 1. The maximum atomic E-state index is 13.4. The number of aliphatic carboxylic acids is 1. The average Bonchev–Trinajstić information content (AvgIpc) is 3.45. The van der Waals surface area contributed by atoms with E-state index in [0.717, 1.165) is 29.4 Å². The highest BCUT2D eigenvalue weighted by molar-refractivity contribution is 6.06. The maximum absolute atomic E-state index is 13.4. The minimum Gasteiger partial charge on any atom is -0.481 e. The van der Waals surface area contributed by atoms with E-state index in [2.05, 4.69) is 0 Å². The summed E-state index contributed by atoms with van der Waals surface area (Å²) in [7, 11) is 0. The van der Waals surface area contributed by atoms with Gasteiger partial charge in [-0.3, -0.25) is 14.6 Å². The van der Waals surface area contributed by atoms with Crippen molar-refractivity contribution in [1.29, 1.82) is 0 Å². The first-order valence-corrected chi connectivity index (χ1v) is 9.58. The highest BCUT2D eigenvalue weighted by Crippen LogP contribution is 2.43. The van der Waals surface area contributed by atoms with Gasteiger partial charge in [0.05, 0.1) is 17.7 Å². The molecule has 140 valence electrons. The molecule has 3 aliphatic rings. The third-order valence-electron chi connectivity index (χ3n) is 6.34. The van der Waals surface area contributed by atoms with Crippen molar-refractivity contribution in [1.82, 2.24) is 9.88 Å². The Morgan fingerprint density at radius 3 is 2.78 bits per heavy atom. The van der Waals surface area contributed by atoms with Gasteiger partial charge in [0.1, 0.15) is 5.41 Å². The quantitative estimate of drug-likeness (QED) is 0.903. The Morgan fingerprint density at radius 1 is 1.22 bits per heavy atom. The van der Waals surface area contributed by atoms with E-state index >= 15 is 0 Å². The van der Waals surface area contributed by atoms with Crippen LogP contribution in [0.1, 0.15) is 41.2 Å². The van der Waals surface area contributed by atoms with Crippen LogP contribution in [0.3, 0.4) is 0 Å². The molecule has 6 heteroatoms. The fourth-order valence-electron chi connectivity index (χ4n) is 4.58. The van der Waals surface area contributed by atoms with Gasteiger partial charge in [0, 0.05) is 36.7 Å². The van der Waals surface area contributed by atoms with Crippen LogP contribution in [0.5, 0.6) is 0 Å². The van der Waals surface area contributed by atoms with Crippen molar-refractivity contribution in [2.45, 2.75) is 25.2 Å². The molecule has 3 fully saturated rings. The van der Waals surface area contributed by atoms with Crippen molar-refractivity contribution < 1.29 is 19.4 Å². The van der Waals surface area contributed by atoms with Gasteiger partial charge in [0.15, 0.2) is 0 Å². The average molecular weight is 366 g/mol. The molecule has 3 heterocycles. The van der Waals surface area contributed by atoms with E-state index in [4.69, 9.17) is 9.72 Å². The molecule has 1 N–H and O–H groups in total. The van der Waals surface area contributed by atoms with E-state index in [1.54, 1.807) is 4.90 Å². The van der Waals surface area contributed by atoms with Gasteiger partial charge in [-0.2, -0.15) is 0 Å². The zero-order valence-corrected chi connectivity index (χ0v) is 15.1. The zero-order valence-electron chi connectivity index (χ0n) is 15.1. The van der Waals surface area contributed by atoms with Crippen molar-refractivity contribution in [2.24, 2.45) is 11.3 Å². The number of likely N-dealkylation sites (tertiary alicyclic amines) is 1. The topological polar surface area (TPSA) is 79.7 Å². The predicted molar refractivity (Wildman–Crippen MR) is 98.6 cm³/mol. The summed E-state index contributed by atoms with van der Waals surface area (Å²) in [5.41, 5.74) is 1.47. The van der Waals surface area contributed by atoms with Gasteiger partial charge in [-0.25, -0.2) is 0 Å². The number of carbonyl (C=O) groups excluding carboxylic acids is 1. The molecular weight excluding hydrogens is 344 g/mol. The molecule has 2 saturated heterocycles. The smallest absolute Gasteiger partial charge is 0.314 e. The number of hydrogen-bond acceptors (Lipinski definition) is 4. The van der Waals surface area contributed by atoms with Crippen molar-refractivity contribution in [2.75, 3.05) is 26.3 Å². The second kappa shape index (κ2) is 6.02. The summed E-state index contributed by atoms with van der Waals surface area (Å²) in [5, 5.41) is 10.7. The Labute approximate surface area is 157 Å². The van der Waals surface area contributed by atoms with Gasteiger partial charge >= 0.3 is 5.97 Å². The molecule has 27 heavy (non-hydrogen) atoms. The number of fused-ring (bicyclic) bond motifs is 2. The van der Waals surface area contributed by atoms with Crippen LogP contribution in [0.15, 0.2) is 30.3 Å². The zero-order chi connectivity index (χ0) is 18.6. The first-order valence-electron chi connectivity index (χ1n) is 9.58. The Kier molecular flexibility index (Phi) is 3.72. The first-order chi connectivity index (χ1) is 13.1. The number of hydrogen-bond donors (Lipinski definition) is 1. The predicted octanol–water partition coefficient (Wildman–Crippen LogP) is 2.68. The maximum Gasteiger partial charge on any atom is 0.314 e. The highest BCUT2D eigenvalue weighted by Gasteiger charge is 2.55. The summed E-state index contributed by atoms with van der Waals surface area (Å²) in [4.78, 5) is 31.9. The van der Waals surface area contributed by atoms with E-state index < -0.39 is 11.4 Å². The largest absolute Gasteiger partial charge is 0.481 e. The number of carboxylic acids is 1. The molecule has 0 radical (unpaired) electrons. The lowest BCUT2D eigenvalue weighted by Crippen LogP contribution is -2.46. The van der Waals surface area contributed by atoms with Crippen LogP contribution >= 0.6 is 0 Å². The molecule has 1 amide bonds. The third kappa shape index (κ3) is 2.62. The van der Waals surface area contributed by atoms with Crippen LogP contribution in [-0.2, 0) is 9.53 Å². The molecule has 2 atom stereocenters. The first kappa shape index (κ1) is 16.7. The minimum absolute atomic E-state index is 0.0521. The van der Waals surface area contributed by atoms with Gasteiger partial charge in [-0.05, 0) is 37.3 Å². The van der Waals surface area contributed by atoms with Crippen LogP contribution in [-0.4, -0.2) is 53.2 Å². The highest BCUT2D eigenvalue weighted by atomic mass is 16.5. The van der Waals surface area contributed by atoms with Gasteiger partial charge in [-0.15, -0.1) is 0 Å². The van der Waals surface area contributed by atoms with E-state index in [1.165, 1.54) is 0 Å². The Morgan fingerprint density at radius 2 is 2.04 bits per heavy atom. The number of ether oxygens (including phenoxy) is 1. The number of rotatable bonds is 3. The van der Waals surface area contributed by atoms with Crippen molar-refractivity contribution in [3.63, 3.8) is 0 Å². The molecular formula is C21H22N2O4. The van der Waals surface area contributed by atoms with E-state index in [9.17, 15) is 14.7 Å². The lowest BCUT2D eigenvalue weighted by molar-refractivity contribution is -0.159. The van der Waals surface area contributed by atoms with Crippen molar-refractivity contribution in [3.05, 3.63) is 41.6 Å². The molecule has 1 aromatic carbocycles. The van der Waals surface area contributed by atoms with Gasteiger partial charge in [0.25, 0.3) is 5.91 Å². The number of aromatic nitrogens is 1. The number of carbonyl (C=O) groups is 2. The van der Waals surface area contributed by atoms with Crippen LogP contribution in [0, 0.1) is 11.3 Å². The number of carboxylic acid groups (broad SMARTS) is 1. The summed E-state index contributed by atoms with van der Waals surface area (Å²) >= 11 is 0. The summed E-state index contributed by atoms with van der Waals surface area (Å²) in [6, 6.07) is 9.63. The van der Waals surface area contributed by atoms with Crippen LogP contribution in [0.25, 0.3) is 10.9 Å². The second-order valence-electron chi connectivity index (χ2n) is 8.07. The summed E-state index contributed by atoms with van der Waals surface area (Å²) in [5.74, 6) is -0.559. The number of para-hydroxylation sites is 1. The van der Waals surface area contributed by atoms with Crippen LogP contribution < -0.4 is 0 Å². The number of benzene rings is 1. The van der Waals surface area contributed by atoms with Crippen molar-refractivity contribution >= 4 is 22.8 Å². The molecule has 2 aromatic rings. The normalized spacial score (nSPS) is 27.6. The molecule has 0 unspecified atom stereocenters. The lowest BCUT2D eigenvalue weighted by Gasteiger charge is -2.33. The van der Waals surface area contributed by atoms with Crippen LogP contribution in [0.4, 0.5) is 0 Å². The SMILES string of the molecule is O=C(c1cc(C2CC2)nc2ccccc12)N1C[C@@H]2CCOC[C@]2(C(=O)O)C1. The standard InChI is InChI=1S/C21H22N2O4/c24-19(23-10-14-7-8-27-12-21(14,11-23)20(25)26)16-9-18(13-5-6-13)22-17-4-2-1-3-15(16)17/h1-4,9,13-14H,5-8,10-12H2,(H,25,26)/t14-,21+/m0/s1. The minimum atomic E-state index is -0.976. The Balaban J connectivity index is 1.54. The van der Waals surface area contributed by atoms with E-state index in [-0.39, 0.29) is 25.0 Å². The summed E-state index contributed by atoms with van der Waals surface area (Å²) < 4.78 is 5.48. The van der Waals surface area contributed by atoms with Gasteiger partial charge < -0.3 is 14.7 Å². The molecule has 6 nitrogen and oxygen atoms in total. The second-order valence-corrected chi connectivity index (χ2v) is 8.07. The van der Waals surface area contributed by atoms with E-state index in [0.29, 0.717) is 31.1 Å². The molecule has 1 aromatic heterocycles. The fraction of sp³-hybridized carbons (Fsp3) is 0.476. The van der Waals surface area contributed by atoms with Gasteiger partial charge in [-0.1, -0.05) is 18.2 Å². The lowest BCUT2D eigenvalue weighted by atomic mass is 9.76. The molecule has 1 aliphatic carbocycles. The van der Waals surface area contributed by atoms with E-state index in [1.807, 2.05) is 30.3 Å². The third-order valence-corrected chi connectivity index (χ3v) is 6.34. The molecule has 1 saturated carbocycles. The van der Waals surface area contributed by atoms with Gasteiger partial charge in [0.2, 0.25) is 0 Å². The Bertz CT molecular complexity index is 939.